The van der Waals surface area contributed by atoms with Crippen LogP contribution in [-0.4, -0.2) is 33.2 Å². The molecule has 0 unspecified atom stereocenters. The highest BCUT2D eigenvalue weighted by atomic mass is 35.5. The average molecular weight is 307 g/mol. The summed E-state index contributed by atoms with van der Waals surface area (Å²) in [6.07, 6.45) is 3.30. The molecule has 0 bridgehead atoms. The Hall–Kier alpha value is -0.690. The van der Waals surface area contributed by atoms with Gasteiger partial charge in [-0.15, -0.1) is 0 Å². The van der Waals surface area contributed by atoms with Crippen molar-refractivity contribution in [2.45, 2.75) is 25.2 Å². The van der Waals surface area contributed by atoms with E-state index >= 15 is 0 Å². The number of halogens is 1. The number of nitrogens with one attached hydrogen (secondary N) is 1. The maximum Gasteiger partial charge on any atom is 0.243 e. The van der Waals surface area contributed by atoms with E-state index in [1.807, 2.05) is 0 Å². The molecule has 0 atom stereocenters. The monoisotopic (exact) mass is 306 g/mol. The Labute approximate surface area is 119 Å². The third kappa shape index (κ3) is 5.86. The molecule has 0 amide bonds. The number of ether oxygens (including phenoxy) is 1. The summed E-state index contributed by atoms with van der Waals surface area (Å²) in [6, 6.07) is 1.45. The van der Waals surface area contributed by atoms with Crippen molar-refractivity contribution in [2.24, 2.45) is 5.92 Å². The molecule has 0 saturated carbocycles. The Kier molecular flexibility index (Phi) is 6.71. The van der Waals surface area contributed by atoms with Gasteiger partial charge in [0, 0.05) is 32.2 Å². The third-order valence-corrected chi connectivity index (χ3v) is 4.16. The first-order valence-corrected chi connectivity index (χ1v) is 7.96. The van der Waals surface area contributed by atoms with E-state index in [0.29, 0.717) is 32.1 Å². The molecule has 0 spiro atoms. The molecular weight excluding hydrogens is 288 g/mol. The van der Waals surface area contributed by atoms with E-state index in [0.717, 1.165) is 0 Å². The molecule has 7 heteroatoms. The fraction of sp³-hybridized carbons (Fsp3) is 0.583. The van der Waals surface area contributed by atoms with Gasteiger partial charge < -0.3 is 4.74 Å². The Morgan fingerprint density at radius 2 is 2.21 bits per heavy atom. The number of aromatic nitrogens is 1. The van der Waals surface area contributed by atoms with Crippen LogP contribution in [0.15, 0.2) is 23.4 Å². The number of hydrogen-bond acceptors (Lipinski definition) is 4. The van der Waals surface area contributed by atoms with Gasteiger partial charge in [0.25, 0.3) is 0 Å². The maximum atomic E-state index is 11.9. The predicted octanol–water partition coefficient (Wildman–Crippen LogP) is 2.08. The lowest BCUT2D eigenvalue weighted by Gasteiger charge is -2.09. The molecule has 1 aromatic heterocycles. The van der Waals surface area contributed by atoms with Gasteiger partial charge in [-0.1, -0.05) is 25.4 Å². The summed E-state index contributed by atoms with van der Waals surface area (Å²) in [5.41, 5.74) is 0. The molecule has 0 radical (unpaired) electrons. The lowest BCUT2D eigenvalue weighted by Crippen LogP contribution is -2.26. The first-order chi connectivity index (χ1) is 8.93. The lowest BCUT2D eigenvalue weighted by molar-refractivity contribution is 0.108. The van der Waals surface area contributed by atoms with Crippen LogP contribution in [0.5, 0.6) is 0 Å². The van der Waals surface area contributed by atoms with Crippen LogP contribution >= 0.6 is 11.6 Å². The van der Waals surface area contributed by atoms with Crippen LogP contribution in [0.1, 0.15) is 20.3 Å². The standard InChI is InChI=1S/C12H19ClN2O3S/c1-10(2)9-18-7-3-5-15-19(16,17)12-8-14-6-4-11(12)13/h4,6,8,10,15H,3,5,7,9H2,1-2H3. The third-order valence-electron chi connectivity index (χ3n) is 2.23. The summed E-state index contributed by atoms with van der Waals surface area (Å²) in [5.74, 6) is 0.478. The number of rotatable bonds is 8. The molecule has 0 aromatic carbocycles. The van der Waals surface area contributed by atoms with Gasteiger partial charge in [-0.3, -0.25) is 4.98 Å². The Morgan fingerprint density at radius 1 is 1.47 bits per heavy atom. The molecule has 1 N–H and O–H groups in total. The lowest BCUT2D eigenvalue weighted by atomic mass is 10.2. The molecule has 19 heavy (non-hydrogen) atoms. The minimum Gasteiger partial charge on any atom is -0.381 e. The van der Waals surface area contributed by atoms with Gasteiger partial charge in [0.15, 0.2) is 0 Å². The van der Waals surface area contributed by atoms with Crippen LogP contribution in [0.2, 0.25) is 5.02 Å². The van der Waals surface area contributed by atoms with E-state index in [4.69, 9.17) is 16.3 Å². The molecule has 0 fully saturated rings. The Bertz CT molecular complexity index is 492. The smallest absolute Gasteiger partial charge is 0.243 e. The van der Waals surface area contributed by atoms with Crippen molar-refractivity contribution < 1.29 is 13.2 Å². The highest BCUT2D eigenvalue weighted by Gasteiger charge is 2.16. The van der Waals surface area contributed by atoms with Gasteiger partial charge in [0.2, 0.25) is 10.0 Å². The summed E-state index contributed by atoms with van der Waals surface area (Å²) in [7, 11) is -3.59. The summed E-state index contributed by atoms with van der Waals surface area (Å²) < 4.78 is 31.7. The van der Waals surface area contributed by atoms with Crippen molar-refractivity contribution in [3.63, 3.8) is 0 Å². The predicted molar refractivity (Wildman–Crippen MR) is 74.7 cm³/mol. The Balaban J connectivity index is 2.38. The maximum absolute atomic E-state index is 11.9. The molecule has 0 saturated heterocycles. The first kappa shape index (κ1) is 16.4. The molecule has 0 aliphatic carbocycles. The fourth-order valence-electron chi connectivity index (χ4n) is 1.34. The second-order valence-electron chi connectivity index (χ2n) is 4.53. The molecule has 1 aromatic rings. The van der Waals surface area contributed by atoms with Crippen molar-refractivity contribution in [3.8, 4) is 0 Å². The van der Waals surface area contributed by atoms with E-state index in [1.54, 1.807) is 0 Å². The number of sulfonamides is 1. The molecule has 108 valence electrons. The normalized spacial score (nSPS) is 12.0. The minimum absolute atomic E-state index is 0.000217. The first-order valence-electron chi connectivity index (χ1n) is 6.10. The Morgan fingerprint density at radius 3 is 2.84 bits per heavy atom. The zero-order valence-electron chi connectivity index (χ0n) is 11.1. The van der Waals surface area contributed by atoms with Crippen LogP contribution < -0.4 is 4.72 Å². The van der Waals surface area contributed by atoms with Crippen LogP contribution in [0.3, 0.4) is 0 Å². The van der Waals surface area contributed by atoms with Gasteiger partial charge in [-0.25, -0.2) is 13.1 Å². The SMILES string of the molecule is CC(C)COCCCNS(=O)(=O)c1cnccc1Cl. The number of pyridine rings is 1. The van der Waals surface area contributed by atoms with Gasteiger partial charge in [-0.05, 0) is 18.4 Å². The van der Waals surface area contributed by atoms with Crippen molar-refractivity contribution >= 4 is 21.6 Å². The van der Waals surface area contributed by atoms with Crippen LogP contribution in [0, 0.1) is 5.92 Å². The molecule has 1 heterocycles. The van der Waals surface area contributed by atoms with Crippen molar-refractivity contribution in [3.05, 3.63) is 23.5 Å². The number of nitrogens with zero attached hydrogens (tertiary/aromatic N) is 1. The highest BCUT2D eigenvalue weighted by Crippen LogP contribution is 2.18. The van der Waals surface area contributed by atoms with E-state index in [9.17, 15) is 8.42 Å². The zero-order valence-corrected chi connectivity index (χ0v) is 12.7. The van der Waals surface area contributed by atoms with Gasteiger partial charge in [0.1, 0.15) is 4.90 Å². The molecular formula is C12H19ClN2O3S. The molecule has 0 aliphatic rings. The van der Waals surface area contributed by atoms with E-state index < -0.39 is 10.0 Å². The molecule has 0 aliphatic heterocycles. The largest absolute Gasteiger partial charge is 0.381 e. The topological polar surface area (TPSA) is 68.3 Å². The second kappa shape index (κ2) is 7.79. The van der Waals surface area contributed by atoms with Gasteiger partial charge >= 0.3 is 0 Å². The van der Waals surface area contributed by atoms with E-state index in [2.05, 4.69) is 23.6 Å². The van der Waals surface area contributed by atoms with Crippen LogP contribution in [-0.2, 0) is 14.8 Å². The van der Waals surface area contributed by atoms with E-state index in [-0.39, 0.29) is 9.92 Å². The summed E-state index contributed by atoms with van der Waals surface area (Å²) >= 11 is 5.82. The fourth-order valence-corrected chi connectivity index (χ4v) is 2.84. The average Bonchev–Trinajstić information content (AvgIpc) is 2.33. The van der Waals surface area contributed by atoms with Crippen LogP contribution in [0.4, 0.5) is 0 Å². The molecule has 1 rings (SSSR count). The minimum atomic E-state index is -3.59. The number of hydrogen-bond donors (Lipinski definition) is 1. The van der Waals surface area contributed by atoms with E-state index in [1.165, 1.54) is 18.5 Å². The summed E-state index contributed by atoms with van der Waals surface area (Å²) in [5, 5.41) is 0.165. The zero-order chi connectivity index (χ0) is 14.3. The van der Waals surface area contributed by atoms with Gasteiger partial charge in [0.05, 0.1) is 5.02 Å². The highest BCUT2D eigenvalue weighted by molar-refractivity contribution is 7.89. The summed E-state index contributed by atoms with van der Waals surface area (Å²) in [4.78, 5) is 3.76. The quantitative estimate of drug-likeness (QED) is 0.747. The van der Waals surface area contributed by atoms with Crippen molar-refractivity contribution in [1.29, 1.82) is 0 Å². The molecule has 5 nitrogen and oxygen atoms in total. The second-order valence-corrected chi connectivity index (χ2v) is 6.67. The van der Waals surface area contributed by atoms with Crippen LogP contribution in [0.25, 0.3) is 0 Å². The van der Waals surface area contributed by atoms with Gasteiger partial charge in [-0.2, -0.15) is 0 Å². The summed E-state index contributed by atoms with van der Waals surface area (Å²) in [6.45, 7) is 5.65. The van der Waals surface area contributed by atoms with Crippen molar-refractivity contribution in [1.82, 2.24) is 9.71 Å². The van der Waals surface area contributed by atoms with Crippen molar-refractivity contribution in [2.75, 3.05) is 19.8 Å².